The van der Waals surface area contributed by atoms with Crippen molar-refractivity contribution in [1.82, 2.24) is 10.6 Å². The van der Waals surface area contributed by atoms with E-state index in [4.69, 9.17) is 0 Å². The minimum atomic E-state index is -0.224. The topological polar surface area (TPSA) is 87.3 Å². The second-order valence-corrected chi connectivity index (χ2v) is 5.75. The highest BCUT2D eigenvalue weighted by Crippen LogP contribution is 2.10. The molecule has 0 aromatic heterocycles. The van der Waals surface area contributed by atoms with Crippen molar-refractivity contribution < 1.29 is 14.4 Å². The van der Waals surface area contributed by atoms with E-state index in [-0.39, 0.29) is 17.7 Å². The van der Waals surface area contributed by atoms with Crippen molar-refractivity contribution in [2.75, 3.05) is 18.4 Å². The highest BCUT2D eigenvalue weighted by molar-refractivity contribution is 5.96. The molecule has 0 saturated heterocycles. The van der Waals surface area contributed by atoms with Crippen LogP contribution in [0.3, 0.4) is 0 Å². The van der Waals surface area contributed by atoms with Gasteiger partial charge in [0.25, 0.3) is 5.91 Å². The fourth-order valence-electron chi connectivity index (χ4n) is 2.30. The van der Waals surface area contributed by atoms with E-state index in [1.165, 1.54) is 0 Å². The zero-order valence-corrected chi connectivity index (χ0v) is 14.7. The molecule has 0 radical (unpaired) electrons. The Bertz CT molecular complexity index is 743. The molecule has 6 heteroatoms. The first-order chi connectivity index (χ1) is 12.6. The van der Waals surface area contributed by atoms with Crippen molar-refractivity contribution in [3.8, 4) is 0 Å². The van der Waals surface area contributed by atoms with E-state index >= 15 is 0 Å². The summed E-state index contributed by atoms with van der Waals surface area (Å²) in [6.45, 7) is 2.53. The molecule has 0 bridgehead atoms. The SMILES string of the molecule is CCC(=O)NCCNC(=O)c1ccc(NC(=O)Cc2ccccc2)cc1. The number of hydrogen-bond donors (Lipinski definition) is 3. The van der Waals surface area contributed by atoms with E-state index in [1.54, 1.807) is 31.2 Å². The summed E-state index contributed by atoms with van der Waals surface area (Å²) in [6, 6.07) is 16.2. The van der Waals surface area contributed by atoms with Crippen molar-refractivity contribution >= 4 is 23.4 Å². The molecule has 0 fully saturated rings. The number of rotatable bonds is 8. The average Bonchev–Trinajstić information content (AvgIpc) is 2.66. The zero-order chi connectivity index (χ0) is 18.8. The highest BCUT2D eigenvalue weighted by atomic mass is 16.2. The Kier molecular flexibility index (Phi) is 7.36. The molecule has 6 nitrogen and oxygen atoms in total. The van der Waals surface area contributed by atoms with Crippen molar-refractivity contribution in [2.24, 2.45) is 0 Å². The van der Waals surface area contributed by atoms with Crippen LogP contribution in [0.15, 0.2) is 54.6 Å². The molecule has 26 heavy (non-hydrogen) atoms. The smallest absolute Gasteiger partial charge is 0.251 e. The van der Waals surface area contributed by atoms with Gasteiger partial charge in [-0.25, -0.2) is 0 Å². The zero-order valence-electron chi connectivity index (χ0n) is 14.7. The van der Waals surface area contributed by atoms with Crippen molar-refractivity contribution in [1.29, 1.82) is 0 Å². The van der Waals surface area contributed by atoms with Gasteiger partial charge in [-0.3, -0.25) is 14.4 Å². The summed E-state index contributed by atoms with van der Waals surface area (Å²) >= 11 is 0. The second kappa shape index (κ2) is 9.98. The number of benzene rings is 2. The maximum Gasteiger partial charge on any atom is 0.251 e. The molecule has 0 aliphatic heterocycles. The van der Waals surface area contributed by atoms with Gasteiger partial charge in [-0.1, -0.05) is 37.3 Å². The van der Waals surface area contributed by atoms with Gasteiger partial charge in [-0.2, -0.15) is 0 Å². The summed E-state index contributed by atoms with van der Waals surface area (Å²) in [5.41, 5.74) is 2.07. The average molecular weight is 353 g/mol. The molecule has 2 aromatic rings. The van der Waals surface area contributed by atoms with Crippen LogP contribution in [0.2, 0.25) is 0 Å². The predicted molar refractivity (Wildman–Crippen MR) is 101 cm³/mol. The van der Waals surface area contributed by atoms with Gasteiger partial charge >= 0.3 is 0 Å². The lowest BCUT2D eigenvalue weighted by Gasteiger charge is -2.08. The standard InChI is InChI=1S/C20H23N3O3/c1-2-18(24)21-12-13-22-20(26)16-8-10-17(11-9-16)23-19(25)14-15-6-4-3-5-7-15/h3-11H,2,12-14H2,1H3,(H,21,24)(H,22,26)(H,23,25). The van der Waals surface area contributed by atoms with Crippen LogP contribution in [0.4, 0.5) is 5.69 Å². The van der Waals surface area contributed by atoms with Crippen LogP contribution in [0, 0.1) is 0 Å². The largest absolute Gasteiger partial charge is 0.354 e. The maximum atomic E-state index is 12.0. The van der Waals surface area contributed by atoms with Crippen LogP contribution in [0.25, 0.3) is 0 Å². The van der Waals surface area contributed by atoms with Gasteiger partial charge in [0.15, 0.2) is 0 Å². The van der Waals surface area contributed by atoms with Crippen molar-refractivity contribution in [2.45, 2.75) is 19.8 Å². The van der Waals surface area contributed by atoms with Crippen LogP contribution in [0.1, 0.15) is 29.3 Å². The first kappa shape index (κ1) is 19.2. The number of carbonyl (C=O) groups excluding carboxylic acids is 3. The summed E-state index contributed by atoms with van der Waals surface area (Å²) < 4.78 is 0. The Labute approximate surface area is 153 Å². The summed E-state index contributed by atoms with van der Waals surface area (Å²) in [7, 11) is 0. The van der Waals surface area contributed by atoms with Gasteiger partial charge in [-0.15, -0.1) is 0 Å². The summed E-state index contributed by atoms with van der Waals surface area (Å²) in [5.74, 6) is -0.382. The Morgan fingerprint density at radius 2 is 1.46 bits per heavy atom. The predicted octanol–water partition coefficient (Wildman–Crippen LogP) is 2.12. The highest BCUT2D eigenvalue weighted by Gasteiger charge is 2.07. The number of amides is 3. The molecular formula is C20H23N3O3. The number of anilines is 1. The Hall–Kier alpha value is -3.15. The number of carbonyl (C=O) groups is 3. The number of hydrogen-bond acceptors (Lipinski definition) is 3. The molecule has 0 unspecified atom stereocenters. The molecule has 0 aliphatic rings. The molecule has 0 spiro atoms. The van der Waals surface area contributed by atoms with E-state index in [0.29, 0.717) is 37.2 Å². The lowest BCUT2D eigenvalue weighted by atomic mass is 10.1. The van der Waals surface area contributed by atoms with E-state index in [9.17, 15) is 14.4 Å². The van der Waals surface area contributed by atoms with Crippen molar-refractivity contribution in [3.05, 3.63) is 65.7 Å². The second-order valence-electron chi connectivity index (χ2n) is 5.75. The minimum Gasteiger partial charge on any atom is -0.354 e. The van der Waals surface area contributed by atoms with Crippen LogP contribution in [-0.2, 0) is 16.0 Å². The molecule has 0 aliphatic carbocycles. The Morgan fingerprint density at radius 1 is 0.808 bits per heavy atom. The quantitative estimate of drug-likeness (QED) is 0.635. The van der Waals surface area contributed by atoms with Gasteiger partial charge in [0.05, 0.1) is 6.42 Å². The van der Waals surface area contributed by atoms with Gasteiger partial charge in [0.1, 0.15) is 0 Å². The van der Waals surface area contributed by atoms with Crippen LogP contribution >= 0.6 is 0 Å². The van der Waals surface area contributed by atoms with Crippen molar-refractivity contribution in [3.63, 3.8) is 0 Å². The van der Waals surface area contributed by atoms with Crippen LogP contribution in [0.5, 0.6) is 0 Å². The fourth-order valence-corrected chi connectivity index (χ4v) is 2.30. The summed E-state index contributed by atoms with van der Waals surface area (Å²) in [5, 5.41) is 8.23. The summed E-state index contributed by atoms with van der Waals surface area (Å²) in [6.07, 6.45) is 0.720. The van der Waals surface area contributed by atoms with Crippen LogP contribution < -0.4 is 16.0 Å². The molecule has 3 N–H and O–H groups in total. The molecule has 2 rings (SSSR count). The van der Waals surface area contributed by atoms with Crippen LogP contribution in [-0.4, -0.2) is 30.8 Å². The molecule has 0 atom stereocenters. The first-order valence-corrected chi connectivity index (χ1v) is 8.57. The molecule has 3 amide bonds. The van der Waals surface area contributed by atoms with Gasteiger partial charge < -0.3 is 16.0 Å². The third-order valence-electron chi connectivity index (χ3n) is 3.69. The molecule has 0 heterocycles. The minimum absolute atomic E-state index is 0.0464. The monoisotopic (exact) mass is 353 g/mol. The van der Waals surface area contributed by atoms with E-state index in [1.807, 2.05) is 30.3 Å². The normalized spacial score (nSPS) is 10.0. The first-order valence-electron chi connectivity index (χ1n) is 8.57. The molecule has 0 saturated carbocycles. The maximum absolute atomic E-state index is 12.0. The Balaban J connectivity index is 1.79. The Morgan fingerprint density at radius 3 is 2.12 bits per heavy atom. The van der Waals surface area contributed by atoms with E-state index < -0.39 is 0 Å². The van der Waals surface area contributed by atoms with Gasteiger partial charge in [0.2, 0.25) is 11.8 Å². The number of nitrogens with one attached hydrogen (secondary N) is 3. The third-order valence-corrected chi connectivity index (χ3v) is 3.69. The fraction of sp³-hybridized carbons (Fsp3) is 0.250. The lowest BCUT2D eigenvalue weighted by Crippen LogP contribution is -2.34. The third kappa shape index (κ3) is 6.39. The van der Waals surface area contributed by atoms with Gasteiger partial charge in [-0.05, 0) is 29.8 Å². The van der Waals surface area contributed by atoms with Gasteiger partial charge in [0, 0.05) is 30.8 Å². The molecule has 136 valence electrons. The molecular weight excluding hydrogens is 330 g/mol. The lowest BCUT2D eigenvalue weighted by molar-refractivity contribution is -0.120. The van der Waals surface area contributed by atoms with E-state index in [2.05, 4.69) is 16.0 Å². The van der Waals surface area contributed by atoms with E-state index in [0.717, 1.165) is 5.56 Å². The molecule has 2 aromatic carbocycles. The summed E-state index contributed by atoms with van der Waals surface area (Å²) in [4.78, 5) is 35.2.